The maximum Gasteiger partial charge on any atom is 0.434 e. The number of nitriles is 1. The molecule has 0 amide bonds. The zero-order valence-electron chi connectivity index (χ0n) is 10.3. The van der Waals surface area contributed by atoms with Gasteiger partial charge in [-0.1, -0.05) is 0 Å². The molecule has 4 nitrogen and oxygen atoms in total. The van der Waals surface area contributed by atoms with Crippen molar-refractivity contribution in [2.24, 2.45) is 0 Å². The monoisotopic (exact) mass is 343 g/mol. The maximum absolute atomic E-state index is 13.5. The van der Waals surface area contributed by atoms with E-state index >= 15 is 0 Å². The van der Waals surface area contributed by atoms with Gasteiger partial charge in [0.1, 0.15) is 17.3 Å². The Labute approximate surface area is 120 Å². The number of halogens is 8. The number of hydrogen-bond donors (Lipinski definition) is 1. The predicted octanol–water partition coefficient (Wildman–Crippen LogP) is 2.75. The molecular weight excluding hydrogens is 342 g/mol. The molecule has 0 atom stereocenters. The van der Waals surface area contributed by atoms with Gasteiger partial charge in [-0.05, 0) is 0 Å². The molecule has 1 aromatic heterocycles. The Kier molecular flexibility index (Phi) is 3.67. The molecule has 12 heteroatoms. The topological polar surface area (TPSA) is 61.6 Å². The van der Waals surface area contributed by atoms with E-state index in [1.807, 2.05) is 0 Å². The van der Waals surface area contributed by atoms with Gasteiger partial charge < -0.3 is 0 Å². The second-order valence-corrected chi connectivity index (χ2v) is 4.03. The highest BCUT2D eigenvalue weighted by Gasteiger charge is 2.39. The smallest absolute Gasteiger partial charge is 0.285 e. The molecule has 0 aliphatic heterocycles. The van der Waals surface area contributed by atoms with Crippen molar-refractivity contribution >= 4 is 0 Å². The molecule has 0 unspecified atom stereocenters. The number of nitrogens with one attached hydrogen (secondary N) is 1. The van der Waals surface area contributed by atoms with Gasteiger partial charge >= 0.3 is 6.18 Å². The Balaban J connectivity index is 2.94. The SMILES string of the molecule is N#Cc1c(C(F)(F)F)[nH]n(-c2c(F)c(F)c(F)c(F)c2F)c1=O. The van der Waals surface area contributed by atoms with Crippen molar-refractivity contribution < 1.29 is 35.1 Å². The molecule has 1 N–H and O–H groups in total. The van der Waals surface area contributed by atoms with Crippen molar-refractivity contribution in [2.45, 2.75) is 6.18 Å². The van der Waals surface area contributed by atoms with Gasteiger partial charge in [-0.2, -0.15) is 18.4 Å². The van der Waals surface area contributed by atoms with Crippen molar-refractivity contribution in [1.29, 1.82) is 5.26 Å². The molecule has 0 saturated heterocycles. The Morgan fingerprint density at radius 1 is 0.913 bits per heavy atom. The average molecular weight is 343 g/mol. The molecule has 1 aromatic carbocycles. The summed E-state index contributed by atoms with van der Waals surface area (Å²) in [6.07, 6.45) is -5.31. The van der Waals surface area contributed by atoms with E-state index < -0.39 is 62.4 Å². The molecule has 2 rings (SSSR count). The third kappa shape index (κ3) is 2.33. The van der Waals surface area contributed by atoms with E-state index in [2.05, 4.69) is 0 Å². The van der Waals surface area contributed by atoms with Crippen LogP contribution in [0.25, 0.3) is 5.69 Å². The average Bonchev–Trinajstić information content (AvgIpc) is 2.80. The first-order valence-electron chi connectivity index (χ1n) is 5.36. The van der Waals surface area contributed by atoms with Crippen molar-refractivity contribution in [2.75, 3.05) is 0 Å². The van der Waals surface area contributed by atoms with E-state index in [1.54, 1.807) is 0 Å². The highest BCUT2D eigenvalue weighted by atomic mass is 19.4. The second-order valence-electron chi connectivity index (χ2n) is 4.03. The summed E-state index contributed by atoms with van der Waals surface area (Å²) in [5, 5.41) is 9.67. The third-order valence-electron chi connectivity index (χ3n) is 2.70. The molecule has 1 heterocycles. The Bertz CT molecular complexity index is 873. The molecule has 0 saturated carbocycles. The lowest BCUT2D eigenvalue weighted by atomic mass is 10.2. The fraction of sp³-hybridized carbons (Fsp3) is 0.0909. The van der Waals surface area contributed by atoms with Crippen LogP contribution in [0.2, 0.25) is 0 Å². The van der Waals surface area contributed by atoms with E-state index in [-0.39, 0.29) is 0 Å². The normalized spacial score (nSPS) is 11.6. The van der Waals surface area contributed by atoms with E-state index in [0.717, 1.165) is 11.2 Å². The summed E-state index contributed by atoms with van der Waals surface area (Å²) in [5.41, 5.74) is -7.48. The van der Waals surface area contributed by atoms with Crippen LogP contribution in [0.15, 0.2) is 4.79 Å². The van der Waals surface area contributed by atoms with Gasteiger partial charge in [0.05, 0.1) is 0 Å². The van der Waals surface area contributed by atoms with Crippen LogP contribution < -0.4 is 5.56 Å². The van der Waals surface area contributed by atoms with Crippen LogP contribution in [0.4, 0.5) is 35.1 Å². The van der Waals surface area contributed by atoms with Gasteiger partial charge in [-0.15, -0.1) is 0 Å². The first kappa shape index (κ1) is 16.5. The first-order valence-corrected chi connectivity index (χ1v) is 5.36. The van der Waals surface area contributed by atoms with Gasteiger partial charge in [0.2, 0.25) is 5.82 Å². The summed E-state index contributed by atoms with van der Waals surface area (Å²) in [4.78, 5) is 11.6. The van der Waals surface area contributed by atoms with Crippen molar-refractivity contribution in [3.05, 3.63) is 50.7 Å². The largest absolute Gasteiger partial charge is 0.434 e. The molecule has 0 spiro atoms. The molecule has 0 bridgehead atoms. The second kappa shape index (κ2) is 5.11. The predicted molar refractivity (Wildman–Crippen MR) is 55.9 cm³/mol. The Morgan fingerprint density at radius 3 is 1.70 bits per heavy atom. The third-order valence-corrected chi connectivity index (χ3v) is 2.70. The summed E-state index contributed by atoms with van der Waals surface area (Å²) in [6.45, 7) is 0. The van der Waals surface area contributed by atoms with Crippen LogP contribution in [-0.4, -0.2) is 9.78 Å². The number of aromatic nitrogens is 2. The Hall–Kier alpha value is -2.84. The highest BCUT2D eigenvalue weighted by molar-refractivity contribution is 5.41. The summed E-state index contributed by atoms with van der Waals surface area (Å²) < 4.78 is 103. The van der Waals surface area contributed by atoms with Crippen LogP contribution in [0.3, 0.4) is 0 Å². The molecule has 0 fully saturated rings. The summed E-state index contributed by atoms with van der Waals surface area (Å²) in [5.74, 6) is -12.6. The van der Waals surface area contributed by atoms with Crippen LogP contribution in [0, 0.1) is 40.4 Å². The minimum atomic E-state index is -5.31. The zero-order chi connectivity index (χ0) is 17.7. The number of hydrogen-bond acceptors (Lipinski definition) is 2. The highest BCUT2D eigenvalue weighted by Crippen LogP contribution is 2.31. The zero-order valence-corrected chi connectivity index (χ0v) is 10.3. The van der Waals surface area contributed by atoms with E-state index in [0.29, 0.717) is 0 Å². The Morgan fingerprint density at radius 2 is 1.35 bits per heavy atom. The lowest BCUT2D eigenvalue weighted by Crippen LogP contribution is -2.21. The van der Waals surface area contributed by atoms with Crippen molar-refractivity contribution in [3.8, 4) is 11.8 Å². The molecule has 122 valence electrons. The molecule has 0 aliphatic carbocycles. The van der Waals surface area contributed by atoms with Gasteiger partial charge in [-0.3, -0.25) is 9.89 Å². The summed E-state index contributed by atoms with van der Waals surface area (Å²) in [6, 6.07) is 0.849. The quantitative estimate of drug-likeness (QED) is 0.492. The van der Waals surface area contributed by atoms with Crippen LogP contribution in [0.1, 0.15) is 11.3 Å². The van der Waals surface area contributed by atoms with Gasteiger partial charge in [0.15, 0.2) is 29.0 Å². The van der Waals surface area contributed by atoms with E-state index in [9.17, 15) is 39.9 Å². The molecule has 0 radical (unpaired) electrons. The minimum absolute atomic E-state index is 0.572. The van der Waals surface area contributed by atoms with Crippen LogP contribution in [0.5, 0.6) is 0 Å². The van der Waals surface area contributed by atoms with Crippen LogP contribution >= 0.6 is 0 Å². The number of nitrogens with zero attached hydrogens (tertiary/aromatic N) is 2. The van der Waals surface area contributed by atoms with E-state index in [4.69, 9.17) is 5.26 Å². The molecular formula is C11HF8N3O. The lowest BCUT2D eigenvalue weighted by molar-refractivity contribution is -0.141. The van der Waals surface area contributed by atoms with Crippen molar-refractivity contribution in [1.82, 2.24) is 9.78 Å². The molecule has 23 heavy (non-hydrogen) atoms. The number of benzene rings is 1. The number of H-pyrrole nitrogens is 1. The summed E-state index contributed by atoms with van der Waals surface area (Å²) in [7, 11) is 0. The molecule has 0 aliphatic rings. The van der Waals surface area contributed by atoms with E-state index in [1.165, 1.54) is 0 Å². The first-order chi connectivity index (χ1) is 10.5. The van der Waals surface area contributed by atoms with Gasteiger partial charge in [0, 0.05) is 0 Å². The van der Waals surface area contributed by atoms with Gasteiger partial charge in [0.25, 0.3) is 5.56 Å². The standard InChI is InChI=1S/C11HF8N3O/c12-3-4(13)6(15)8(7(16)5(3)14)22-10(23)2(1-20)9(21-22)11(17,18)19/h21H. The lowest BCUT2D eigenvalue weighted by Gasteiger charge is -2.08. The number of rotatable bonds is 1. The van der Waals surface area contributed by atoms with Crippen molar-refractivity contribution in [3.63, 3.8) is 0 Å². The minimum Gasteiger partial charge on any atom is -0.285 e. The number of alkyl halides is 3. The van der Waals surface area contributed by atoms with Crippen LogP contribution in [-0.2, 0) is 6.18 Å². The number of aromatic amines is 1. The summed E-state index contributed by atoms with van der Waals surface area (Å²) >= 11 is 0. The fourth-order valence-electron chi connectivity index (χ4n) is 1.69. The molecule has 2 aromatic rings. The van der Waals surface area contributed by atoms with Gasteiger partial charge in [-0.25, -0.2) is 26.6 Å². The maximum atomic E-state index is 13.5. The fourth-order valence-corrected chi connectivity index (χ4v) is 1.69.